The van der Waals surface area contributed by atoms with Gasteiger partial charge in [0.2, 0.25) is 0 Å². The molecule has 169 valence electrons. The number of benzene rings is 4. The van der Waals surface area contributed by atoms with Crippen molar-refractivity contribution in [3.05, 3.63) is 91.0 Å². The third-order valence-electron chi connectivity index (χ3n) is 6.79. The second-order valence-electron chi connectivity index (χ2n) is 9.78. The van der Waals surface area contributed by atoms with Crippen molar-refractivity contribution in [3.63, 3.8) is 0 Å². The van der Waals surface area contributed by atoms with Crippen LogP contribution < -0.4 is 5.46 Å². The Labute approximate surface area is 201 Å². The van der Waals surface area contributed by atoms with Crippen LogP contribution in [0.4, 0.5) is 0 Å². The molecule has 0 aliphatic rings. The summed E-state index contributed by atoms with van der Waals surface area (Å²) < 4.78 is 12.1. The average Bonchev–Trinajstić information content (AvgIpc) is 3.21. The molecule has 0 aliphatic carbocycles. The van der Waals surface area contributed by atoms with E-state index in [1.807, 2.05) is 44.2 Å². The molecule has 1 heterocycles. The van der Waals surface area contributed by atoms with Gasteiger partial charge in [0.1, 0.15) is 11.2 Å². The van der Waals surface area contributed by atoms with Gasteiger partial charge >= 0.3 is 7.48 Å². The minimum Gasteiger partial charge on any atom is -0.456 e. The minimum absolute atomic E-state index is 0.730. The molecular formula is C30H28BO3. The topological polar surface area (TPSA) is 42.6 Å². The van der Waals surface area contributed by atoms with Gasteiger partial charge in [0.25, 0.3) is 0 Å². The quantitative estimate of drug-likeness (QED) is 0.294. The lowest BCUT2D eigenvalue weighted by molar-refractivity contribution is -0.0893. The fraction of sp³-hybridized carbons (Fsp3) is 0.200. The third-order valence-corrected chi connectivity index (χ3v) is 6.79. The van der Waals surface area contributed by atoms with Crippen molar-refractivity contribution in [2.45, 2.75) is 38.9 Å². The summed E-state index contributed by atoms with van der Waals surface area (Å²) in [6, 6.07) is 31.3. The molecule has 4 aromatic carbocycles. The lowest BCUT2D eigenvalue weighted by Crippen LogP contribution is -2.49. The predicted octanol–water partition coefficient (Wildman–Crippen LogP) is 6.73. The van der Waals surface area contributed by atoms with Crippen LogP contribution in [0.5, 0.6) is 0 Å². The van der Waals surface area contributed by atoms with E-state index in [0.717, 1.165) is 38.5 Å². The van der Waals surface area contributed by atoms with E-state index < -0.39 is 11.2 Å². The van der Waals surface area contributed by atoms with Crippen LogP contribution >= 0.6 is 0 Å². The third kappa shape index (κ3) is 4.15. The Morgan fingerprint density at radius 2 is 1.38 bits per heavy atom. The van der Waals surface area contributed by atoms with E-state index in [4.69, 9.17) is 9.07 Å². The number of rotatable bonds is 6. The van der Waals surface area contributed by atoms with Crippen molar-refractivity contribution in [2.75, 3.05) is 0 Å². The number of hydrogen-bond acceptors (Lipinski definition) is 3. The Kier molecular flexibility index (Phi) is 5.59. The molecule has 1 N–H and O–H groups in total. The summed E-state index contributed by atoms with van der Waals surface area (Å²) in [6.07, 6.45) is 0. The van der Waals surface area contributed by atoms with E-state index in [0.29, 0.717) is 0 Å². The van der Waals surface area contributed by atoms with Gasteiger partial charge in [-0.3, -0.25) is 0 Å². The highest BCUT2D eigenvalue weighted by atomic mass is 16.5. The lowest BCUT2D eigenvalue weighted by Gasteiger charge is -2.37. The molecule has 5 aromatic rings. The molecule has 0 saturated carbocycles. The molecule has 0 fully saturated rings. The Balaban J connectivity index is 1.53. The largest absolute Gasteiger partial charge is 0.456 e. The van der Waals surface area contributed by atoms with E-state index in [1.54, 1.807) is 21.3 Å². The van der Waals surface area contributed by atoms with Crippen LogP contribution in [0.25, 0.3) is 44.2 Å². The van der Waals surface area contributed by atoms with Crippen LogP contribution in [-0.2, 0) is 4.65 Å². The molecule has 0 aliphatic heterocycles. The van der Waals surface area contributed by atoms with Gasteiger partial charge in [0.15, 0.2) is 0 Å². The molecule has 1 radical (unpaired) electrons. The van der Waals surface area contributed by atoms with Gasteiger partial charge in [0.05, 0.1) is 11.2 Å². The normalized spacial score (nSPS) is 12.4. The number of aliphatic hydroxyl groups is 1. The van der Waals surface area contributed by atoms with Gasteiger partial charge in [-0.2, -0.15) is 0 Å². The second kappa shape index (κ2) is 8.46. The fourth-order valence-electron chi connectivity index (χ4n) is 3.99. The number of fused-ring (bicyclic) bond motifs is 3. The first-order valence-corrected chi connectivity index (χ1v) is 11.6. The predicted molar refractivity (Wildman–Crippen MR) is 141 cm³/mol. The maximum Gasteiger partial charge on any atom is 0.330 e. The van der Waals surface area contributed by atoms with E-state index >= 15 is 0 Å². The zero-order valence-electron chi connectivity index (χ0n) is 20.0. The molecule has 34 heavy (non-hydrogen) atoms. The maximum atomic E-state index is 10.4. The summed E-state index contributed by atoms with van der Waals surface area (Å²) in [7, 11) is 1.72. The van der Waals surface area contributed by atoms with Gasteiger partial charge in [-0.1, -0.05) is 84.3 Å². The van der Waals surface area contributed by atoms with Gasteiger partial charge in [-0.25, -0.2) is 0 Å². The second-order valence-corrected chi connectivity index (χ2v) is 9.78. The van der Waals surface area contributed by atoms with Crippen molar-refractivity contribution in [3.8, 4) is 22.3 Å². The van der Waals surface area contributed by atoms with Gasteiger partial charge < -0.3 is 14.2 Å². The number of hydrogen-bond donors (Lipinski definition) is 1. The monoisotopic (exact) mass is 447 g/mol. The van der Waals surface area contributed by atoms with Crippen LogP contribution in [-0.4, -0.2) is 23.8 Å². The van der Waals surface area contributed by atoms with Gasteiger partial charge in [-0.15, -0.1) is 0 Å². The Morgan fingerprint density at radius 3 is 2.09 bits per heavy atom. The SMILES string of the molecule is CC(C)(O)C(C)(C)O[B]c1ccc2oc3cccc(-c4ccc(-c5ccccc5)cc4)c3c2c1. The van der Waals surface area contributed by atoms with Gasteiger partial charge in [0, 0.05) is 10.8 Å². The summed E-state index contributed by atoms with van der Waals surface area (Å²) in [5, 5.41) is 12.5. The summed E-state index contributed by atoms with van der Waals surface area (Å²) in [4.78, 5) is 0. The van der Waals surface area contributed by atoms with Crippen LogP contribution in [0.2, 0.25) is 0 Å². The van der Waals surface area contributed by atoms with Crippen molar-refractivity contribution < 1.29 is 14.2 Å². The molecule has 4 heteroatoms. The van der Waals surface area contributed by atoms with E-state index in [9.17, 15) is 5.11 Å². The zero-order chi connectivity index (χ0) is 23.9. The first kappa shape index (κ1) is 22.5. The standard InChI is InChI=1S/C30H28BO3/c1-29(2,32)30(3,4)34-31-23-17-18-26-25(19-23)28-24(11-8-12-27(28)33-26)22-15-13-21(14-16-22)20-9-6-5-7-10-20/h5-19,32H,1-4H3. The highest BCUT2D eigenvalue weighted by molar-refractivity contribution is 6.47. The van der Waals surface area contributed by atoms with Crippen LogP contribution in [0, 0.1) is 0 Å². The highest BCUT2D eigenvalue weighted by Crippen LogP contribution is 2.37. The molecule has 0 unspecified atom stereocenters. The van der Waals surface area contributed by atoms with Crippen molar-refractivity contribution >= 4 is 34.9 Å². The smallest absolute Gasteiger partial charge is 0.330 e. The van der Waals surface area contributed by atoms with Crippen molar-refractivity contribution in [1.29, 1.82) is 0 Å². The Hall–Kier alpha value is -3.34. The summed E-state index contributed by atoms with van der Waals surface area (Å²) in [5.74, 6) is 0. The van der Waals surface area contributed by atoms with Crippen LogP contribution in [0.1, 0.15) is 27.7 Å². The lowest BCUT2D eigenvalue weighted by atomic mass is 9.82. The molecule has 0 atom stereocenters. The molecule has 3 nitrogen and oxygen atoms in total. The summed E-state index contributed by atoms with van der Waals surface area (Å²) in [6.45, 7) is 7.27. The first-order valence-electron chi connectivity index (χ1n) is 11.6. The molecule has 0 saturated heterocycles. The maximum absolute atomic E-state index is 10.4. The zero-order valence-corrected chi connectivity index (χ0v) is 20.0. The van der Waals surface area contributed by atoms with E-state index in [2.05, 4.69) is 60.7 Å². The van der Waals surface area contributed by atoms with Crippen molar-refractivity contribution in [2.24, 2.45) is 0 Å². The van der Waals surface area contributed by atoms with E-state index in [1.165, 1.54) is 11.1 Å². The Morgan fingerprint density at radius 1 is 0.706 bits per heavy atom. The first-order chi connectivity index (χ1) is 16.2. The minimum atomic E-state index is -0.977. The fourth-order valence-corrected chi connectivity index (χ4v) is 3.99. The summed E-state index contributed by atoms with van der Waals surface area (Å²) in [5.41, 5.74) is 5.57. The van der Waals surface area contributed by atoms with Crippen LogP contribution in [0.3, 0.4) is 0 Å². The van der Waals surface area contributed by atoms with Crippen molar-refractivity contribution in [1.82, 2.24) is 0 Å². The average molecular weight is 447 g/mol. The molecule has 0 amide bonds. The molecule has 0 bridgehead atoms. The molecular weight excluding hydrogens is 419 g/mol. The van der Waals surface area contributed by atoms with Crippen LogP contribution in [0.15, 0.2) is 95.4 Å². The summed E-state index contributed by atoms with van der Waals surface area (Å²) >= 11 is 0. The molecule has 5 rings (SSSR count). The highest BCUT2D eigenvalue weighted by Gasteiger charge is 2.35. The van der Waals surface area contributed by atoms with E-state index in [-0.39, 0.29) is 0 Å². The van der Waals surface area contributed by atoms with Gasteiger partial charge in [-0.05, 0) is 62.1 Å². The number of furan rings is 1. The molecule has 1 aromatic heterocycles. The molecule has 0 spiro atoms. The Bertz CT molecular complexity index is 1440.